The van der Waals surface area contributed by atoms with Gasteiger partial charge in [-0.2, -0.15) is 0 Å². The Balaban J connectivity index is 1.98. The molecule has 1 aromatic rings. The van der Waals surface area contributed by atoms with E-state index in [0.717, 1.165) is 19.5 Å². The molecule has 1 aromatic carbocycles. The highest BCUT2D eigenvalue weighted by Crippen LogP contribution is 2.21. The number of anilines is 1. The van der Waals surface area contributed by atoms with E-state index >= 15 is 0 Å². The van der Waals surface area contributed by atoms with Crippen LogP contribution in [0.1, 0.15) is 6.42 Å². The van der Waals surface area contributed by atoms with Gasteiger partial charge in [0.2, 0.25) is 0 Å². The van der Waals surface area contributed by atoms with Crippen molar-refractivity contribution in [3.8, 4) is 0 Å². The van der Waals surface area contributed by atoms with Gasteiger partial charge in [0.25, 0.3) is 0 Å². The van der Waals surface area contributed by atoms with E-state index in [1.165, 1.54) is 5.69 Å². The number of benzene rings is 1. The lowest BCUT2D eigenvalue weighted by molar-refractivity contribution is 0.196. The van der Waals surface area contributed by atoms with E-state index in [1.54, 1.807) is 11.9 Å². The molecule has 1 fully saturated rings. The average Bonchev–Trinajstić information content (AvgIpc) is 2.87. The van der Waals surface area contributed by atoms with Gasteiger partial charge in [-0.25, -0.2) is 4.79 Å². The smallest absolute Gasteiger partial charge is 0.317 e. The number of hydrogen-bond donors (Lipinski definition) is 1. The number of rotatable bonds is 2. The van der Waals surface area contributed by atoms with Crippen LogP contribution >= 0.6 is 0 Å². The third-order valence-corrected chi connectivity index (χ3v) is 3.37. The molecule has 1 atom stereocenters. The van der Waals surface area contributed by atoms with Crippen LogP contribution in [0.3, 0.4) is 0 Å². The van der Waals surface area contributed by atoms with Crippen molar-refractivity contribution in [1.82, 2.24) is 10.2 Å². The Labute approximate surface area is 102 Å². The molecule has 0 unspecified atom stereocenters. The standard InChI is InChI=1S/C13H19N3O/c1-14-13(17)15(2)12-8-9-16(10-12)11-6-4-3-5-7-11/h3-7,12H,8-10H2,1-2H3,(H,14,17)/t12-/m0/s1. The van der Waals surface area contributed by atoms with E-state index in [-0.39, 0.29) is 6.03 Å². The van der Waals surface area contributed by atoms with Crippen LogP contribution in [-0.2, 0) is 0 Å². The molecule has 0 bridgehead atoms. The van der Waals surface area contributed by atoms with Gasteiger partial charge in [-0.1, -0.05) is 18.2 Å². The molecular formula is C13H19N3O. The number of urea groups is 1. The number of likely N-dealkylation sites (N-methyl/N-ethyl adjacent to an activating group) is 1. The molecule has 4 nitrogen and oxygen atoms in total. The first-order chi connectivity index (χ1) is 8.22. The van der Waals surface area contributed by atoms with Crippen molar-refractivity contribution in [2.45, 2.75) is 12.5 Å². The van der Waals surface area contributed by atoms with Gasteiger partial charge in [-0.3, -0.25) is 0 Å². The number of amides is 2. The first-order valence-corrected chi connectivity index (χ1v) is 5.97. The summed E-state index contributed by atoms with van der Waals surface area (Å²) in [6, 6.07) is 10.6. The summed E-state index contributed by atoms with van der Waals surface area (Å²) in [7, 11) is 3.53. The number of carbonyl (C=O) groups is 1. The zero-order valence-electron chi connectivity index (χ0n) is 10.4. The molecule has 1 aliphatic rings. The van der Waals surface area contributed by atoms with Crippen molar-refractivity contribution >= 4 is 11.7 Å². The minimum Gasteiger partial charge on any atom is -0.369 e. The maximum atomic E-state index is 11.5. The van der Waals surface area contributed by atoms with Gasteiger partial charge in [0.15, 0.2) is 0 Å². The largest absolute Gasteiger partial charge is 0.369 e. The molecule has 4 heteroatoms. The third kappa shape index (κ3) is 2.52. The van der Waals surface area contributed by atoms with E-state index in [9.17, 15) is 4.79 Å². The fourth-order valence-electron chi connectivity index (χ4n) is 2.27. The van der Waals surface area contributed by atoms with Crippen LogP contribution in [0.4, 0.5) is 10.5 Å². The second-order valence-electron chi connectivity index (χ2n) is 4.39. The molecule has 92 valence electrons. The molecule has 0 radical (unpaired) electrons. The lowest BCUT2D eigenvalue weighted by Gasteiger charge is -2.25. The van der Waals surface area contributed by atoms with Crippen LogP contribution in [0, 0.1) is 0 Å². The summed E-state index contributed by atoms with van der Waals surface area (Å²) in [5, 5.41) is 2.66. The Morgan fingerprint density at radius 3 is 2.76 bits per heavy atom. The number of hydrogen-bond acceptors (Lipinski definition) is 2. The summed E-state index contributed by atoms with van der Waals surface area (Å²) in [6.45, 7) is 1.92. The van der Waals surface area contributed by atoms with Gasteiger partial charge in [-0.05, 0) is 18.6 Å². The molecular weight excluding hydrogens is 214 g/mol. The van der Waals surface area contributed by atoms with Crippen molar-refractivity contribution in [3.63, 3.8) is 0 Å². The number of nitrogens with one attached hydrogen (secondary N) is 1. The van der Waals surface area contributed by atoms with Crippen molar-refractivity contribution in [3.05, 3.63) is 30.3 Å². The first kappa shape index (κ1) is 11.8. The zero-order chi connectivity index (χ0) is 12.3. The first-order valence-electron chi connectivity index (χ1n) is 5.97. The van der Waals surface area contributed by atoms with Gasteiger partial charge >= 0.3 is 6.03 Å². The van der Waals surface area contributed by atoms with E-state index in [4.69, 9.17) is 0 Å². The van der Waals surface area contributed by atoms with Crippen LogP contribution in [0.2, 0.25) is 0 Å². The molecule has 2 amide bonds. The van der Waals surface area contributed by atoms with Crippen molar-refractivity contribution in [1.29, 1.82) is 0 Å². The highest BCUT2D eigenvalue weighted by molar-refractivity contribution is 5.74. The molecule has 1 aliphatic heterocycles. The predicted molar refractivity (Wildman–Crippen MR) is 69.3 cm³/mol. The maximum absolute atomic E-state index is 11.5. The van der Waals surface area contributed by atoms with Crippen LogP contribution < -0.4 is 10.2 Å². The molecule has 1 heterocycles. The van der Waals surface area contributed by atoms with Gasteiger partial charge in [0, 0.05) is 32.9 Å². The molecule has 2 rings (SSSR count). The SMILES string of the molecule is CNC(=O)N(C)[C@H]1CCN(c2ccccc2)C1. The van der Waals surface area contributed by atoms with Crippen LogP contribution in [0.15, 0.2) is 30.3 Å². The Bertz CT molecular complexity index is 380. The molecule has 0 aliphatic carbocycles. The summed E-state index contributed by atoms with van der Waals surface area (Å²) in [5.74, 6) is 0. The molecule has 0 aromatic heterocycles. The van der Waals surface area contributed by atoms with E-state index in [0.29, 0.717) is 6.04 Å². The number of para-hydroxylation sites is 1. The quantitative estimate of drug-likeness (QED) is 0.841. The Hall–Kier alpha value is -1.71. The summed E-state index contributed by atoms with van der Waals surface area (Å²) in [5.41, 5.74) is 1.24. The fraction of sp³-hybridized carbons (Fsp3) is 0.462. The van der Waals surface area contributed by atoms with Crippen LogP contribution in [-0.4, -0.2) is 44.2 Å². The van der Waals surface area contributed by atoms with E-state index < -0.39 is 0 Å². The summed E-state index contributed by atoms with van der Waals surface area (Å²) < 4.78 is 0. The second kappa shape index (κ2) is 5.08. The lowest BCUT2D eigenvalue weighted by atomic mass is 10.2. The minimum absolute atomic E-state index is 0.00934. The summed E-state index contributed by atoms with van der Waals surface area (Å²) >= 11 is 0. The fourth-order valence-corrected chi connectivity index (χ4v) is 2.27. The summed E-state index contributed by atoms with van der Waals surface area (Å²) in [4.78, 5) is 15.7. The van der Waals surface area contributed by atoms with E-state index in [1.807, 2.05) is 25.2 Å². The molecule has 0 spiro atoms. The molecule has 0 saturated carbocycles. The topological polar surface area (TPSA) is 35.6 Å². The van der Waals surface area contributed by atoms with Gasteiger partial charge in [-0.15, -0.1) is 0 Å². The Morgan fingerprint density at radius 2 is 2.12 bits per heavy atom. The molecule has 17 heavy (non-hydrogen) atoms. The van der Waals surface area contributed by atoms with Crippen molar-refractivity contribution in [2.75, 3.05) is 32.1 Å². The van der Waals surface area contributed by atoms with Gasteiger partial charge in [0.05, 0.1) is 6.04 Å². The minimum atomic E-state index is -0.00934. The third-order valence-electron chi connectivity index (χ3n) is 3.37. The average molecular weight is 233 g/mol. The number of nitrogens with zero attached hydrogens (tertiary/aromatic N) is 2. The monoisotopic (exact) mass is 233 g/mol. The van der Waals surface area contributed by atoms with E-state index in [2.05, 4.69) is 22.3 Å². The van der Waals surface area contributed by atoms with Crippen LogP contribution in [0.5, 0.6) is 0 Å². The molecule has 1 N–H and O–H groups in total. The lowest BCUT2D eigenvalue weighted by Crippen LogP contribution is -2.43. The normalized spacial score (nSPS) is 19.2. The highest BCUT2D eigenvalue weighted by Gasteiger charge is 2.27. The predicted octanol–water partition coefficient (Wildman–Crippen LogP) is 1.54. The van der Waals surface area contributed by atoms with Crippen molar-refractivity contribution < 1.29 is 4.79 Å². The summed E-state index contributed by atoms with van der Waals surface area (Å²) in [6.07, 6.45) is 1.03. The van der Waals surface area contributed by atoms with Gasteiger partial charge in [0.1, 0.15) is 0 Å². The zero-order valence-corrected chi connectivity index (χ0v) is 10.4. The maximum Gasteiger partial charge on any atom is 0.317 e. The van der Waals surface area contributed by atoms with Crippen LogP contribution in [0.25, 0.3) is 0 Å². The second-order valence-corrected chi connectivity index (χ2v) is 4.39. The Kier molecular flexibility index (Phi) is 3.52. The number of carbonyl (C=O) groups excluding carboxylic acids is 1. The van der Waals surface area contributed by atoms with Crippen molar-refractivity contribution in [2.24, 2.45) is 0 Å². The van der Waals surface area contributed by atoms with Gasteiger partial charge < -0.3 is 15.1 Å². The molecule has 1 saturated heterocycles. The highest BCUT2D eigenvalue weighted by atomic mass is 16.2. The Morgan fingerprint density at radius 1 is 1.41 bits per heavy atom.